The minimum Gasteiger partial charge on any atom is -0.480 e. The normalized spacial score (nSPS) is 21.9. The monoisotopic (exact) mass is 251 g/mol. The average molecular weight is 251 g/mol. The van der Waals surface area contributed by atoms with Crippen LogP contribution >= 0.6 is 0 Å². The van der Waals surface area contributed by atoms with Crippen LogP contribution in [-0.4, -0.2) is 42.0 Å². The van der Waals surface area contributed by atoms with Gasteiger partial charge in [-0.1, -0.05) is 12.8 Å². The van der Waals surface area contributed by atoms with Gasteiger partial charge >= 0.3 is 5.97 Å². The number of carboxylic acid groups (broad SMARTS) is 1. The zero-order chi connectivity index (χ0) is 12.3. The molecule has 0 amide bonds. The number of carbonyl (C=O) groups is 1. The molecule has 1 aliphatic carbocycles. The molecule has 0 spiro atoms. The second-order valence-electron chi connectivity index (χ2n) is 4.13. The topological polar surface area (TPSA) is 104 Å². The first-order chi connectivity index (χ1) is 7.34. The molecule has 0 aliphatic heterocycles. The Morgan fingerprint density at radius 3 is 2.25 bits per heavy atom. The highest BCUT2D eigenvalue weighted by molar-refractivity contribution is 7.90. The van der Waals surface area contributed by atoms with Gasteiger partial charge in [-0.05, 0) is 19.8 Å². The lowest BCUT2D eigenvalue weighted by Crippen LogP contribution is -2.49. The van der Waals surface area contributed by atoms with E-state index >= 15 is 0 Å². The number of rotatable bonds is 5. The van der Waals surface area contributed by atoms with Crippen molar-refractivity contribution in [3.8, 4) is 0 Å². The van der Waals surface area contributed by atoms with Crippen molar-refractivity contribution in [3.05, 3.63) is 0 Å². The van der Waals surface area contributed by atoms with Crippen molar-refractivity contribution in [2.24, 2.45) is 0 Å². The molecule has 94 valence electrons. The summed E-state index contributed by atoms with van der Waals surface area (Å²) >= 11 is 0. The van der Waals surface area contributed by atoms with E-state index in [1.54, 1.807) is 0 Å². The highest BCUT2D eigenvalue weighted by Crippen LogP contribution is 2.24. The third-order valence-electron chi connectivity index (χ3n) is 2.78. The molecule has 0 heterocycles. The van der Waals surface area contributed by atoms with Crippen molar-refractivity contribution in [1.29, 1.82) is 0 Å². The fourth-order valence-corrected chi connectivity index (χ4v) is 3.63. The van der Waals surface area contributed by atoms with Gasteiger partial charge in [0, 0.05) is 0 Å². The summed E-state index contributed by atoms with van der Waals surface area (Å²) in [6.07, 6.45) is 1.55. The van der Waals surface area contributed by atoms with Gasteiger partial charge in [0.15, 0.2) is 0 Å². The predicted molar refractivity (Wildman–Crippen MR) is 57.4 cm³/mol. The van der Waals surface area contributed by atoms with E-state index in [0.29, 0.717) is 12.8 Å². The Kier molecular flexibility index (Phi) is 4.28. The zero-order valence-electron chi connectivity index (χ0n) is 9.09. The van der Waals surface area contributed by atoms with E-state index in [-0.39, 0.29) is 0 Å². The van der Waals surface area contributed by atoms with Crippen LogP contribution in [0.4, 0.5) is 0 Å². The second-order valence-corrected chi connectivity index (χ2v) is 6.12. The van der Waals surface area contributed by atoms with Gasteiger partial charge in [-0.25, -0.2) is 8.42 Å². The van der Waals surface area contributed by atoms with Crippen molar-refractivity contribution < 1.29 is 23.4 Å². The third-order valence-corrected chi connectivity index (χ3v) is 4.71. The summed E-state index contributed by atoms with van der Waals surface area (Å²) in [6.45, 7) is 1.25. The van der Waals surface area contributed by atoms with Crippen LogP contribution in [-0.2, 0) is 14.8 Å². The second kappa shape index (κ2) is 5.11. The van der Waals surface area contributed by atoms with Crippen LogP contribution < -0.4 is 4.72 Å². The maximum atomic E-state index is 11.8. The smallest absolute Gasteiger partial charge is 0.324 e. The highest BCUT2D eigenvalue weighted by atomic mass is 32.2. The lowest BCUT2D eigenvalue weighted by atomic mass is 10.2. The molecule has 0 radical (unpaired) electrons. The Balaban J connectivity index is 2.73. The van der Waals surface area contributed by atoms with Gasteiger partial charge in [0.2, 0.25) is 10.0 Å². The van der Waals surface area contributed by atoms with Gasteiger partial charge in [0.1, 0.15) is 6.04 Å². The first-order valence-corrected chi connectivity index (χ1v) is 6.81. The van der Waals surface area contributed by atoms with Gasteiger partial charge < -0.3 is 10.2 Å². The SMILES string of the molecule is CC(O)C(NS(=O)(=O)C1CCCC1)C(=O)O. The Morgan fingerprint density at radius 1 is 1.38 bits per heavy atom. The van der Waals surface area contributed by atoms with E-state index in [1.807, 2.05) is 0 Å². The van der Waals surface area contributed by atoms with E-state index in [2.05, 4.69) is 4.72 Å². The van der Waals surface area contributed by atoms with Crippen LogP contribution in [0.15, 0.2) is 0 Å². The molecule has 0 bridgehead atoms. The molecule has 2 atom stereocenters. The van der Waals surface area contributed by atoms with E-state index in [0.717, 1.165) is 12.8 Å². The molecule has 1 rings (SSSR count). The van der Waals surface area contributed by atoms with Crippen LogP contribution in [0, 0.1) is 0 Å². The van der Waals surface area contributed by atoms with Gasteiger partial charge in [0.25, 0.3) is 0 Å². The van der Waals surface area contributed by atoms with E-state index in [4.69, 9.17) is 5.11 Å². The standard InChI is InChI=1S/C9H17NO5S/c1-6(11)8(9(12)13)10-16(14,15)7-4-2-3-5-7/h6-8,10-11H,2-5H2,1H3,(H,12,13). The zero-order valence-corrected chi connectivity index (χ0v) is 9.90. The quantitative estimate of drug-likeness (QED) is 0.621. The number of hydrogen-bond acceptors (Lipinski definition) is 4. The molecule has 1 saturated carbocycles. The Labute approximate surface area is 94.7 Å². The summed E-state index contributed by atoms with van der Waals surface area (Å²) in [6, 6.07) is -1.47. The molecular formula is C9H17NO5S. The number of sulfonamides is 1. The van der Waals surface area contributed by atoms with Gasteiger partial charge in [0.05, 0.1) is 11.4 Å². The highest BCUT2D eigenvalue weighted by Gasteiger charge is 2.34. The first kappa shape index (κ1) is 13.4. The molecule has 0 aromatic rings. The summed E-state index contributed by atoms with van der Waals surface area (Å²) in [5.41, 5.74) is 0. The van der Waals surface area contributed by atoms with Crippen LogP contribution in [0.3, 0.4) is 0 Å². The van der Waals surface area contributed by atoms with Crippen molar-refractivity contribution in [2.45, 2.75) is 50.0 Å². The molecule has 16 heavy (non-hydrogen) atoms. The number of aliphatic carboxylic acids is 1. The summed E-state index contributed by atoms with van der Waals surface area (Å²) in [5.74, 6) is -1.36. The number of aliphatic hydroxyl groups excluding tert-OH is 1. The number of aliphatic hydroxyl groups is 1. The largest absolute Gasteiger partial charge is 0.480 e. The van der Waals surface area contributed by atoms with Crippen LogP contribution in [0.5, 0.6) is 0 Å². The maximum absolute atomic E-state index is 11.8. The number of hydrogen-bond donors (Lipinski definition) is 3. The summed E-state index contributed by atoms with van der Waals surface area (Å²) in [7, 11) is -3.64. The molecule has 7 heteroatoms. The van der Waals surface area contributed by atoms with E-state index in [1.165, 1.54) is 6.92 Å². The summed E-state index contributed by atoms with van der Waals surface area (Å²) in [4.78, 5) is 10.7. The van der Waals surface area contributed by atoms with Crippen molar-refractivity contribution in [2.75, 3.05) is 0 Å². The molecule has 0 saturated heterocycles. The molecule has 6 nitrogen and oxygen atoms in total. The third kappa shape index (κ3) is 3.16. The van der Waals surface area contributed by atoms with Gasteiger partial charge in [-0.15, -0.1) is 0 Å². The first-order valence-electron chi connectivity index (χ1n) is 5.26. The Hall–Kier alpha value is -0.660. The number of nitrogens with one attached hydrogen (secondary N) is 1. The van der Waals surface area contributed by atoms with Crippen molar-refractivity contribution >= 4 is 16.0 Å². The van der Waals surface area contributed by atoms with Gasteiger partial charge in [-0.3, -0.25) is 4.79 Å². The lowest BCUT2D eigenvalue weighted by Gasteiger charge is -2.19. The minimum absolute atomic E-state index is 0.520. The fraction of sp³-hybridized carbons (Fsp3) is 0.889. The van der Waals surface area contributed by atoms with Gasteiger partial charge in [-0.2, -0.15) is 4.72 Å². The lowest BCUT2D eigenvalue weighted by molar-refractivity contribution is -0.141. The molecule has 0 aromatic carbocycles. The molecule has 3 N–H and O–H groups in total. The molecule has 2 unspecified atom stereocenters. The molecule has 0 aromatic heterocycles. The molecule has 1 aliphatic rings. The van der Waals surface area contributed by atoms with Crippen LogP contribution in [0.25, 0.3) is 0 Å². The average Bonchev–Trinajstić information content (AvgIpc) is 2.66. The van der Waals surface area contributed by atoms with Crippen molar-refractivity contribution in [1.82, 2.24) is 4.72 Å². The van der Waals surface area contributed by atoms with Crippen LogP contribution in [0.2, 0.25) is 0 Å². The van der Waals surface area contributed by atoms with Crippen molar-refractivity contribution in [3.63, 3.8) is 0 Å². The summed E-state index contributed by atoms with van der Waals surface area (Å²) in [5, 5.41) is 17.4. The Morgan fingerprint density at radius 2 is 1.88 bits per heavy atom. The Bertz CT molecular complexity index is 345. The van der Waals surface area contributed by atoms with E-state index in [9.17, 15) is 18.3 Å². The van der Waals surface area contributed by atoms with Crippen LogP contribution in [0.1, 0.15) is 32.6 Å². The summed E-state index contributed by atoms with van der Waals surface area (Å²) < 4.78 is 25.6. The number of carboxylic acids is 1. The molecular weight excluding hydrogens is 234 g/mol. The van der Waals surface area contributed by atoms with E-state index < -0.39 is 33.4 Å². The minimum atomic E-state index is -3.64. The maximum Gasteiger partial charge on any atom is 0.324 e. The molecule has 1 fully saturated rings. The fourth-order valence-electron chi connectivity index (χ4n) is 1.83. The predicted octanol–water partition coefficient (Wildman–Crippen LogP) is -0.318.